The smallest absolute Gasteiger partial charge is 0.322 e. The van der Waals surface area contributed by atoms with Gasteiger partial charge in [0.2, 0.25) is 11.8 Å². The summed E-state index contributed by atoms with van der Waals surface area (Å²) in [4.78, 5) is 13.2. The van der Waals surface area contributed by atoms with Crippen LogP contribution in [-0.4, -0.2) is 21.9 Å². The van der Waals surface area contributed by atoms with Crippen molar-refractivity contribution in [2.45, 2.75) is 31.1 Å². The zero-order valence-electron chi connectivity index (χ0n) is 14.9. The van der Waals surface area contributed by atoms with Gasteiger partial charge in [0.1, 0.15) is 5.82 Å². The van der Waals surface area contributed by atoms with Gasteiger partial charge in [0.05, 0.1) is 6.42 Å². The van der Waals surface area contributed by atoms with E-state index < -0.39 is 0 Å². The van der Waals surface area contributed by atoms with Crippen LogP contribution in [0, 0.1) is 12.7 Å². The number of carbonyl (C=O) groups excluding carboxylic acids is 1. The Labute approximate surface area is 161 Å². The number of thioether (sulfide) groups is 1. The SMILES string of the molecule is Cc1ccc(SCCCC(=O)Nc2nnc(Cc3ccc(F)cc3)o2)cc1. The topological polar surface area (TPSA) is 68.0 Å². The Balaban J connectivity index is 1.39. The molecule has 0 unspecified atom stereocenters. The molecule has 0 aliphatic rings. The second kappa shape index (κ2) is 9.32. The molecule has 0 saturated carbocycles. The Kier molecular flexibility index (Phi) is 6.59. The first-order valence-electron chi connectivity index (χ1n) is 8.64. The molecule has 0 saturated heterocycles. The van der Waals surface area contributed by atoms with Gasteiger partial charge in [0.25, 0.3) is 0 Å². The van der Waals surface area contributed by atoms with E-state index in [1.807, 2.05) is 0 Å². The Morgan fingerprint density at radius 1 is 1.11 bits per heavy atom. The molecule has 1 N–H and O–H groups in total. The minimum absolute atomic E-state index is 0.0864. The molecule has 3 rings (SSSR count). The number of aryl methyl sites for hydroxylation is 1. The van der Waals surface area contributed by atoms with Crippen molar-refractivity contribution in [1.29, 1.82) is 0 Å². The van der Waals surface area contributed by atoms with Crippen LogP contribution < -0.4 is 5.32 Å². The van der Waals surface area contributed by atoms with Crippen LogP contribution in [0.3, 0.4) is 0 Å². The Bertz CT molecular complexity index is 879. The average Bonchev–Trinajstić information content (AvgIpc) is 3.09. The molecule has 7 heteroatoms. The van der Waals surface area contributed by atoms with Gasteiger partial charge >= 0.3 is 6.01 Å². The zero-order valence-corrected chi connectivity index (χ0v) is 15.8. The molecule has 0 fully saturated rings. The van der Waals surface area contributed by atoms with Crippen molar-refractivity contribution in [1.82, 2.24) is 10.2 Å². The molecule has 0 bridgehead atoms. The van der Waals surface area contributed by atoms with Crippen molar-refractivity contribution in [3.05, 3.63) is 71.4 Å². The molecule has 5 nitrogen and oxygen atoms in total. The van der Waals surface area contributed by atoms with Gasteiger partial charge in [-0.1, -0.05) is 34.9 Å². The van der Waals surface area contributed by atoms with Crippen molar-refractivity contribution < 1.29 is 13.6 Å². The van der Waals surface area contributed by atoms with Crippen molar-refractivity contribution >= 4 is 23.7 Å². The highest BCUT2D eigenvalue weighted by atomic mass is 32.2. The molecule has 1 aromatic heterocycles. The summed E-state index contributed by atoms with van der Waals surface area (Å²) in [6, 6.07) is 14.5. The number of nitrogens with one attached hydrogen (secondary N) is 1. The van der Waals surface area contributed by atoms with Crippen molar-refractivity contribution in [2.24, 2.45) is 0 Å². The van der Waals surface area contributed by atoms with Crippen LogP contribution in [0.15, 0.2) is 57.8 Å². The van der Waals surface area contributed by atoms with Crippen LogP contribution >= 0.6 is 11.8 Å². The summed E-state index contributed by atoms with van der Waals surface area (Å²) in [7, 11) is 0. The molecule has 1 heterocycles. The molecule has 27 heavy (non-hydrogen) atoms. The number of aromatic nitrogens is 2. The molecule has 140 valence electrons. The number of carbonyl (C=O) groups is 1. The molecular weight excluding hydrogens is 365 g/mol. The van der Waals surface area contributed by atoms with Gasteiger partial charge in [-0.25, -0.2) is 4.39 Å². The maximum atomic E-state index is 12.9. The van der Waals surface area contributed by atoms with Crippen LogP contribution in [0.25, 0.3) is 0 Å². The third kappa shape index (κ3) is 6.21. The van der Waals surface area contributed by atoms with Crippen molar-refractivity contribution in [3.8, 4) is 0 Å². The first-order valence-corrected chi connectivity index (χ1v) is 9.63. The lowest BCUT2D eigenvalue weighted by Gasteiger charge is -2.02. The van der Waals surface area contributed by atoms with E-state index in [4.69, 9.17) is 4.42 Å². The molecule has 0 aliphatic carbocycles. The van der Waals surface area contributed by atoms with Gasteiger partial charge in [0.15, 0.2) is 0 Å². The van der Waals surface area contributed by atoms with E-state index in [9.17, 15) is 9.18 Å². The molecule has 2 aromatic carbocycles. The lowest BCUT2D eigenvalue weighted by Crippen LogP contribution is -2.11. The normalized spacial score (nSPS) is 10.7. The highest BCUT2D eigenvalue weighted by molar-refractivity contribution is 7.99. The molecule has 1 amide bonds. The van der Waals surface area contributed by atoms with Crippen LogP contribution in [0.5, 0.6) is 0 Å². The highest BCUT2D eigenvalue weighted by Crippen LogP contribution is 2.20. The van der Waals surface area contributed by atoms with E-state index in [-0.39, 0.29) is 17.7 Å². The molecule has 0 spiro atoms. The summed E-state index contributed by atoms with van der Waals surface area (Å²) in [6.07, 6.45) is 1.52. The van der Waals surface area contributed by atoms with Crippen LogP contribution in [0.1, 0.15) is 29.9 Å². The van der Waals surface area contributed by atoms with Crippen LogP contribution in [0.4, 0.5) is 10.4 Å². The van der Waals surface area contributed by atoms with Gasteiger partial charge in [-0.15, -0.1) is 16.9 Å². The average molecular weight is 385 g/mol. The van der Waals surface area contributed by atoms with E-state index >= 15 is 0 Å². The minimum atomic E-state index is -0.294. The highest BCUT2D eigenvalue weighted by Gasteiger charge is 2.10. The van der Waals surface area contributed by atoms with E-state index in [2.05, 4.69) is 46.7 Å². The summed E-state index contributed by atoms with van der Waals surface area (Å²) in [5.74, 6) is 0.775. The largest absolute Gasteiger partial charge is 0.407 e. The third-order valence-corrected chi connectivity index (χ3v) is 4.92. The first-order chi connectivity index (χ1) is 13.1. The first kappa shape index (κ1) is 19.1. The predicted octanol–water partition coefficient (Wildman–Crippen LogP) is 4.62. The minimum Gasteiger partial charge on any atom is -0.407 e. The zero-order chi connectivity index (χ0) is 19.1. The fraction of sp³-hybridized carbons (Fsp3) is 0.250. The number of hydrogen-bond acceptors (Lipinski definition) is 5. The quantitative estimate of drug-likeness (QED) is 0.453. The lowest BCUT2D eigenvalue weighted by atomic mass is 10.1. The summed E-state index contributed by atoms with van der Waals surface area (Å²) < 4.78 is 18.3. The van der Waals surface area contributed by atoms with Crippen molar-refractivity contribution in [3.63, 3.8) is 0 Å². The number of rotatable bonds is 8. The lowest BCUT2D eigenvalue weighted by molar-refractivity contribution is -0.116. The second-order valence-electron chi connectivity index (χ2n) is 6.12. The second-order valence-corrected chi connectivity index (χ2v) is 7.29. The Morgan fingerprint density at radius 2 is 1.85 bits per heavy atom. The van der Waals surface area contributed by atoms with Crippen molar-refractivity contribution in [2.75, 3.05) is 11.1 Å². The maximum absolute atomic E-state index is 12.9. The number of hydrogen-bond donors (Lipinski definition) is 1. The van der Waals surface area contributed by atoms with Gasteiger partial charge in [-0.2, -0.15) is 0 Å². The van der Waals surface area contributed by atoms with Gasteiger partial charge in [-0.05, 0) is 48.9 Å². The molecule has 0 aliphatic heterocycles. The summed E-state index contributed by atoms with van der Waals surface area (Å²) >= 11 is 1.73. The molecular formula is C20H20FN3O2S. The Morgan fingerprint density at radius 3 is 2.59 bits per heavy atom. The molecule has 3 aromatic rings. The fourth-order valence-corrected chi connectivity index (χ4v) is 3.24. The van der Waals surface area contributed by atoms with Gasteiger partial charge in [-0.3, -0.25) is 10.1 Å². The maximum Gasteiger partial charge on any atom is 0.322 e. The molecule has 0 radical (unpaired) electrons. The number of halogens is 1. The predicted molar refractivity (Wildman–Crippen MR) is 103 cm³/mol. The number of benzene rings is 2. The summed E-state index contributed by atoms with van der Waals surface area (Å²) in [5.41, 5.74) is 2.09. The monoisotopic (exact) mass is 385 g/mol. The fourth-order valence-electron chi connectivity index (χ4n) is 2.39. The Hall–Kier alpha value is -2.67. The summed E-state index contributed by atoms with van der Waals surface area (Å²) in [6.45, 7) is 2.06. The van der Waals surface area contributed by atoms with Crippen LogP contribution in [-0.2, 0) is 11.2 Å². The van der Waals surface area contributed by atoms with E-state index in [0.717, 1.165) is 17.7 Å². The van der Waals surface area contributed by atoms with E-state index in [1.54, 1.807) is 23.9 Å². The molecule has 0 atom stereocenters. The standard InChI is InChI=1S/C20H20FN3O2S/c1-14-4-10-17(11-5-14)27-12-2-3-18(25)22-20-24-23-19(26-20)13-15-6-8-16(21)9-7-15/h4-11H,2-3,12-13H2,1H3,(H,22,24,25). The number of anilines is 1. The number of nitrogens with zero attached hydrogens (tertiary/aromatic N) is 2. The third-order valence-electron chi connectivity index (χ3n) is 3.82. The summed E-state index contributed by atoms with van der Waals surface area (Å²) in [5, 5.41) is 10.3. The van der Waals surface area contributed by atoms with Gasteiger partial charge < -0.3 is 4.42 Å². The van der Waals surface area contributed by atoms with Gasteiger partial charge in [0, 0.05) is 11.3 Å². The van der Waals surface area contributed by atoms with Crippen LogP contribution in [0.2, 0.25) is 0 Å². The van der Waals surface area contributed by atoms with E-state index in [0.29, 0.717) is 18.7 Å². The van der Waals surface area contributed by atoms with E-state index in [1.165, 1.54) is 22.6 Å². The number of amides is 1.